The van der Waals surface area contributed by atoms with Gasteiger partial charge in [0.1, 0.15) is 5.75 Å². The van der Waals surface area contributed by atoms with Crippen molar-refractivity contribution in [2.75, 3.05) is 6.61 Å². The lowest BCUT2D eigenvalue weighted by Gasteiger charge is -2.13. The van der Waals surface area contributed by atoms with Gasteiger partial charge in [0, 0.05) is 10.9 Å². The highest BCUT2D eigenvalue weighted by atomic mass is 32.1. The average molecular weight is 393 g/mol. The van der Waals surface area contributed by atoms with Crippen LogP contribution in [-0.4, -0.2) is 23.5 Å². The minimum absolute atomic E-state index is 0.00763. The van der Waals surface area contributed by atoms with Gasteiger partial charge in [-0.3, -0.25) is 25.8 Å². The third-order valence-electron chi connectivity index (χ3n) is 4.04. The van der Waals surface area contributed by atoms with Crippen molar-refractivity contribution in [3.05, 3.63) is 77.9 Å². The number of hydrazine groups is 1. The molecule has 0 aromatic heterocycles. The minimum Gasteiger partial charge on any atom is -0.483 e. The van der Waals surface area contributed by atoms with Crippen molar-refractivity contribution in [3.8, 4) is 5.75 Å². The Bertz CT molecular complexity index is 1030. The summed E-state index contributed by atoms with van der Waals surface area (Å²) in [6.07, 6.45) is 0. The summed E-state index contributed by atoms with van der Waals surface area (Å²) in [6, 6.07) is 20.5. The topological polar surface area (TPSA) is 79.5 Å². The van der Waals surface area contributed by atoms with E-state index in [1.54, 1.807) is 18.2 Å². The van der Waals surface area contributed by atoms with Crippen LogP contribution < -0.4 is 20.9 Å². The van der Waals surface area contributed by atoms with Crippen LogP contribution >= 0.6 is 12.2 Å². The highest BCUT2D eigenvalue weighted by Crippen LogP contribution is 2.24. The summed E-state index contributed by atoms with van der Waals surface area (Å²) in [4.78, 5) is 24.2. The summed E-state index contributed by atoms with van der Waals surface area (Å²) >= 11 is 5.03. The number of fused-ring (bicyclic) bond motifs is 1. The number of hydrogen-bond donors (Lipinski definition) is 3. The molecule has 0 aliphatic carbocycles. The van der Waals surface area contributed by atoms with Gasteiger partial charge in [-0.15, -0.1) is 0 Å². The van der Waals surface area contributed by atoms with E-state index in [0.29, 0.717) is 11.3 Å². The zero-order valence-electron chi connectivity index (χ0n) is 15.2. The molecule has 0 heterocycles. The molecule has 0 aliphatic heterocycles. The second kappa shape index (κ2) is 8.96. The molecule has 0 fully saturated rings. The number of ether oxygens (including phenoxy) is 1. The van der Waals surface area contributed by atoms with Gasteiger partial charge in [-0.05, 0) is 42.2 Å². The standard InChI is InChI=1S/C21H19N3O3S/c1-14-7-2-4-10-16(14)20(26)22-21(28)24-23-19(25)13-27-18-12-6-9-15-8-3-5-11-17(15)18/h2-12H,13H2,1H3,(H,23,25)(H2,22,24,26,28). The predicted octanol–water partition coefficient (Wildman–Crippen LogP) is 2.86. The van der Waals surface area contributed by atoms with E-state index in [1.807, 2.05) is 55.5 Å². The van der Waals surface area contributed by atoms with Crippen molar-refractivity contribution in [1.29, 1.82) is 0 Å². The predicted molar refractivity (Wildman–Crippen MR) is 112 cm³/mol. The largest absolute Gasteiger partial charge is 0.483 e. The number of amides is 2. The van der Waals surface area contributed by atoms with Gasteiger partial charge in [-0.2, -0.15) is 0 Å². The molecule has 0 saturated heterocycles. The van der Waals surface area contributed by atoms with E-state index in [1.165, 1.54) is 0 Å². The Balaban J connectivity index is 1.48. The van der Waals surface area contributed by atoms with Gasteiger partial charge < -0.3 is 4.74 Å². The Hall–Kier alpha value is -3.45. The summed E-state index contributed by atoms with van der Waals surface area (Å²) < 4.78 is 5.60. The Kier molecular flexibility index (Phi) is 6.18. The maximum Gasteiger partial charge on any atom is 0.276 e. The molecule has 0 bridgehead atoms. The van der Waals surface area contributed by atoms with Crippen molar-refractivity contribution in [2.24, 2.45) is 0 Å². The Morgan fingerprint density at radius 2 is 1.64 bits per heavy atom. The third kappa shape index (κ3) is 4.83. The summed E-state index contributed by atoms with van der Waals surface area (Å²) in [6.45, 7) is 1.63. The number of carbonyl (C=O) groups excluding carboxylic acids is 2. The van der Waals surface area contributed by atoms with Gasteiger partial charge in [0.2, 0.25) is 0 Å². The number of hydrogen-bond acceptors (Lipinski definition) is 4. The number of thiocarbonyl (C=S) groups is 1. The first-order valence-electron chi connectivity index (χ1n) is 8.61. The van der Waals surface area contributed by atoms with Crippen molar-refractivity contribution >= 4 is 39.9 Å². The Morgan fingerprint density at radius 3 is 2.46 bits per heavy atom. The van der Waals surface area contributed by atoms with Crippen LogP contribution in [0.4, 0.5) is 0 Å². The van der Waals surface area contributed by atoms with Crippen LogP contribution in [0.5, 0.6) is 5.75 Å². The molecule has 3 rings (SSSR count). The molecule has 2 amide bonds. The van der Waals surface area contributed by atoms with Crippen molar-refractivity contribution in [3.63, 3.8) is 0 Å². The SMILES string of the molecule is Cc1ccccc1C(=O)NC(=S)NNC(=O)COc1cccc2ccccc12. The van der Waals surface area contributed by atoms with Crippen LogP contribution in [-0.2, 0) is 4.79 Å². The van der Waals surface area contributed by atoms with Gasteiger partial charge in [-0.1, -0.05) is 54.6 Å². The van der Waals surface area contributed by atoms with Crippen LogP contribution in [0.25, 0.3) is 10.8 Å². The molecule has 3 aromatic rings. The highest BCUT2D eigenvalue weighted by Gasteiger charge is 2.11. The molecular formula is C21H19N3O3S. The number of nitrogens with one attached hydrogen (secondary N) is 3. The smallest absolute Gasteiger partial charge is 0.276 e. The highest BCUT2D eigenvalue weighted by molar-refractivity contribution is 7.80. The van der Waals surface area contributed by atoms with E-state index >= 15 is 0 Å². The van der Waals surface area contributed by atoms with Crippen LogP contribution in [0.15, 0.2) is 66.7 Å². The Labute approximate surface area is 167 Å². The Morgan fingerprint density at radius 1 is 0.929 bits per heavy atom. The molecule has 3 N–H and O–H groups in total. The molecule has 0 spiro atoms. The fourth-order valence-corrected chi connectivity index (χ4v) is 2.80. The van der Waals surface area contributed by atoms with Crippen molar-refractivity contribution < 1.29 is 14.3 Å². The van der Waals surface area contributed by atoms with Crippen LogP contribution in [0.3, 0.4) is 0 Å². The molecule has 142 valence electrons. The van der Waals surface area contributed by atoms with E-state index in [4.69, 9.17) is 17.0 Å². The van der Waals surface area contributed by atoms with Gasteiger partial charge in [0.05, 0.1) is 0 Å². The summed E-state index contributed by atoms with van der Waals surface area (Å²) in [5.41, 5.74) is 6.24. The van der Waals surface area contributed by atoms with E-state index in [0.717, 1.165) is 16.3 Å². The monoisotopic (exact) mass is 393 g/mol. The van der Waals surface area contributed by atoms with E-state index in [9.17, 15) is 9.59 Å². The lowest BCUT2D eigenvalue weighted by atomic mass is 10.1. The van der Waals surface area contributed by atoms with E-state index in [2.05, 4.69) is 16.2 Å². The summed E-state index contributed by atoms with van der Waals surface area (Å²) in [7, 11) is 0. The molecule has 0 atom stereocenters. The van der Waals surface area contributed by atoms with Crippen LogP contribution in [0, 0.1) is 6.92 Å². The van der Waals surface area contributed by atoms with Gasteiger partial charge in [0.15, 0.2) is 11.7 Å². The van der Waals surface area contributed by atoms with Crippen molar-refractivity contribution in [1.82, 2.24) is 16.2 Å². The van der Waals surface area contributed by atoms with Crippen LogP contribution in [0.2, 0.25) is 0 Å². The van der Waals surface area contributed by atoms with Gasteiger partial charge >= 0.3 is 0 Å². The molecule has 0 saturated carbocycles. The second-order valence-corrected chi connectivity index (χ2v) is 6.45. The fourth-order valence-electron chi connectivity index (χ4n) is 2.66. The first kappa shape index (κ1) is 19.3. The number of benzene rings is 3. The number of rotatable bonds is 4. The lowest BCUT2D eigenvalue weighted by molar-refractivity contribution is -0.123. The quantitative estimate of drug-likeness (QED) is 0.469. The van der Waals surface area contributed by atoms with E-state index < -0.39 is 5.91 Å². The molecule has 0 aliphatic rings. The lowest BCUT2D eigenvalue weighted by Crippen LogP contribution is -2.49. The molecule has 6 nitrogen and oxygen atoms in total. The normalized spacial score (nSPS) is 10.2. The molecule has 0 unspecified atom stereocenters. The number of carbonyl (C=O) groups is 2. The number of aryl methyl sites for hydroxylation is 1. The maximum absolute atomic E-state index is 12.2. The zero-order chi connectivity index (χ0) is 19.9. The minimum atomic E-state index is -0.430. The van der Waals surface area contributed by atoms with Crippen LogP contribution in [0.1, 0.15) is 15.9 Å². The van der Waals surface area contributed by atoms with E-state index in [-0.39, 0.29) is 17.6 Å². The van der Waals surface area contributed by atoms with Gasteiger partial charge in [-0.25, -0.2) is 0 Å². The summed E-state index contributed by atoms with van der Waals surface area (Å²) in [5.74, 6) is -0.166. The molecule has 7 heteroatoms. The average Bonchev–Trinajstić information content (AvgIpc) is 2.71. The molecule has 28 heavy (non-hydrogen) atoms. The molecule has 0 radical (unpaired) electrons. The second-order valence-electron chi connectivity index (χ2n) is 6.04. The van der Waals surface area contributed by atoms with Crippen molar-refractivity contribution in [2.45, 2.75) is 6.92 Å². The molecule has 3 aromatic carbocycles. The van der Waals surface area contributed by atoms with Gasteiger partial charge in [0.25, 0.3) is 11.8 Å². The summed E-state index contributed by atoms with van der Waals surface area (Å²) in [5, 5.41) is 4.46. The first-order valence-corrected chi connectivity index (χ1v) is 9.02. The maximum atomic E-state index is 12.2. The first-order chi connectivity index (χ1) is 13.5. The third-order valence-corrected chi connectivity index (χ3v) is 4.24. The fraction of sp³-hybridized carbons (Fsp3) is 0.0952. The zero-order valence-corrected chi connectivity index (χ0v) is 16.0. The molecular weight excluding hydrogens is 374 g/mol.